The summed E-state index contributed by atoms with van der Waals surface area (Å²) in [6.07, 6.45) is 2.57. The fourth-order valence-corrected chi connectivity index (χ4v) is 3.27. The van der Waals surface area contributed by atoms with E-state index in [4.69, 9.17) is 5.73 Å². The Kier molecular flexibility index (Phi) is 4.62. The number of imidazole rings is 1. The molecule has 0 radical (unpaired) electrons. The molecule has 0 aliphatic rings. The number of carbonyl (C=O) groups is 1. The quantitative estimate of drug-likeness (QED) is 0.802. The Balaban J connectivity index is 2.35. The van der Waals surface area contributed by atoms with Crippen LogP contribution < -0.4 is 5.73 Å². The molecular formula is C14H17N3O4S. The van der Waals surface area contributed by atoms with Crippen LogP contribution in [0.1, 0.15) is 11.3 Å². The van der Waals surface area contributed by atoms with Crippen molar-refractivity contribution in [1.29, 1.82) is 0 Å². The maximum atomic E-state index is 12.6. The number of ether oxygens (including phenoxy) is 1. The average Bonchev–Trinajstić information content (AvgIpc) is 2.95. The van der Waals surface area contributed by atoms with Crippen LogP contribution in [0.4, 0.5) is 0 Å². The van der Waals surface area contributed by atoms with Gasteiger partial charge in [-0.15, -0.1) is 0 Å². The third-order valence-electron chi connectivity index (χ3n) is 3.19. The minimum Gasteiger partial charge on any atom is -0.468 e. The van der Waals surface area contributed by atoms with E-state index in [-0.39, 0.29) is 11.3 Å². The van der Waals surface area contributed by atoms with Crippen LogP contribution in [0.25, 0.3) is 0 Å². The molecule has 0 unspecified atom stereocenters. The molecule has 7 nitrogen and oxygen atoms in total. The molecule has 0 amide bonds. The summed E-state index contributed by atoms with van der Waals surface area (Å²) >= 11 is 0. The van der Waals surface area contributed by atoms with E-state index in [0.717, 1.165) is 9.54 Å². The van der Waals surface area contributed by atoms with Gasteiger partial charge in [0.05, 0.1) is 17.7 Å². The summed E-state index contributed by atoms with van der Waals surface area (Å²) < 4.78 is 30.8. The molecule has 0 bridgehead atoms. The largest absolute Gasteiger partial charge is 0.468 e. The summed E-state index contributed by atoms with van der Waals surface area (Å²) in [6.45, 7) is 1.87. The lowest BCUT2D eigenvalue weighted by Gasteiger charge is -2.12. The van der Waals surface area contributed by atoms with Crippen LogP contribution in [-0.2, 0) is 26.0 Å². The predicted molar refractivity (Wildman–Crippen MR) is 79.7 cm³/mol. The number of aryl methyl sites for hydroxylation is 1. The van der Waals surface area contributed by atoms with Crippen molar-refractivity contribution in [2.75, 3.05) is 7.11 Å². The number of hydrogen-bond donors (Lipinski definition) is 1. The van der Waals surface area contributed by atoms with Gasteiger partial charge in [-0.1, -0.05) is 17.7 Å². The number of hydrogen-bond acceptors (Lipinski definition) is 6. The highest BCUT2D eigenvalue weighted by molar-refractivity contribution is 7.90. The van der Waals surface area contributed by atoms with Crippen LogP contribution in [0, 0.1) is 6.92 Å². The molecule has 1 aromatic carbocycles. The standard InChI is InChI=1S/C14H17N3O4S/c1-10-3-5-12(6-4-10)22(19,20)17-9-16-8-11(17)7-13(15)14(18)21-2/h3-6,8-9,13H,7,15H2,1-2H3/t13-/m0/s1. The molecule has 0 aliphatic heterocycles. The molecule has 1 heterocycles. The van der Waals surface area contributed by atoms with Gasteiger partial charge in [0.25, 0.3) is 10.0 Å². The first-order valence-electron chi connectivity index (χ1n) is 6.53. The molecule has 0 saturated carbocycles. The molecule has 118 valence electrons. The second kappa shape index (κ2) is 6.29. The van der Waals surface area contributed by atoms with Gasteiger partial charge in [0.1, 0.15) is 12.4 Å². The van der Waals surface area contributed by atoms with Crippen molar-refractivity contribution in [3.63, 3.8) is 0 Å². The van der Waals surface area contributed by atoms with E-state index < -0.39 is 22.0 Å². The van der Waals surface area contributed by atoms with E-state index >= 15 is 0 Å². The zero-order valence-electron chi connectivity index (χ0n) is 12.3. The van der Waals surface area contributed by atoms with Gasteiger partial charge in [0.2, 0.25) is 0 Å². The van der Waals surface area contributed by atoms with Crippen LogP contribution in [-0.4, -0.2) is 36.5 Å². The number of nitrogens with zero attached hydrogens (tertiary/aromatic N) is 2. The van der Waals surface area contributed by atoms with Gasteiger partial charge in [-0.25, -0.2) is 17.4 Å². The number of benzene rings is 1. The van der Waals surface area contributed by atoms with Crippen molar-refractivity contribution in [2.45, 2.75) is 24.3 Å². The number of carbonyl (C=O) groups excluding carboxylic acids is 1. The smallest absolute Gasteiger partial charge is 0.323 e. The molecule has 2 N–H and O–H groups in total. The SMILES string of the molecule is COC(=O)[C@@H](N)Cc1cncn1S(=O)(=O)c1ccc(C)cc1. The van der Waals surface area contributed by atoms with Gasteiger partial charge >= 0.3 is 5.97 Å². The summed E-state index contributed by atoms with van der Waals surface area (Å²) in [4.78, 5) is 15.4. The minimum atomic E-state index is -3.77. The van der Waals surface area contributed by atoms with Gasteiger partial charge in [0, 0.05) is 12.6 Å². The van der Waals surface area contributed by atoms with Crippen molar-refractivity contribution in [2.24, 2.45) is 5.73 Å². The predicted octanol–water partition coefficient (Wildman–Crippen LogP) is 0.471. The molecule has 0 fully saturated rings. The molecule has 22 heavy (non-hydrogen) atoms. The second-order valence-corrected chi connectivity index (χ2v) is 6.65. The topological polar surface area (TPSA) is 104 Å². The summed E-state index contributed by atoms with van der Waals surface area (Å²) in [5.41, 5.74) is 6.95. The maximum Gasteiger partial charge on any atom is 0.323 e. The average molecular weight is 323 g/mol. The molecule has 0 saturated heterocycles. The zero-order valence-corrected chi connectivity index (χ0v) is 13.1. The number of methoxy groups -OCH3 is 1. The molecule has 0 spiro atoms. The first kappa shape index (κ1) is 16.2. The molecule has 2 rings (SSSR count). The Morgan fingerprint density at radius 2 is 2.00 bits per heavy atom. The summed E-state index contributed by atoms with van der Waals surface area (Å²) in [5, 5.41) is 0. The summed E-state index contributed by atoms with van der Waals surface area (Å²) in [7, 11) is -2.55. The third kappa shape index (κ3) is 3.18. The number of aromatic nitrogens is 2. The Bertz CT molecular complexity index is 766. The summed E-state index contributed by atoms with van der Waals surface area (Å²) in [5.74, 6) is -0.611. The lowest BCUT2D eigenvalue weighted by atomic mass is 10.2. The van der Waals surface area contributed by atoms with Crippen LogP contribution in [0.2, 0.25) is 0 Å². The van der Waals surface area contributed by atoms with Crippen molar-refractivity contribution < 1.29 is 17.9 Å². The highest BCUT2D eigenvalue weighted by Crippen LogP contribution is 2.17. The van der Waals surface area contributed by atoms with E-state index in [1.54, 1.807) is 12.1 Å². The fraction of sp³-hybridized carbons (Fsp3) is 0.286. The van der Waals surface area contributed by atoms with Gasteiger partial charge in [-0.3, -0.25) is 4.79 Å². The van der Waals surface area contributed by atoms with Crippen molar-refractivity contribution in [3.8, 4) is 0 Å². The van der Waals surface area contributed by atoms with E-state index in [0.29, 0.717) is 5.69 Å². The van der Waals surface area contributed by atoms with Crippen molar-refractivity contribution >= 4 is 16.0 Å². The number of rotatable bonds is 5. The normalized spacial score (nSPS) is 12.9. The van der Waals surface area contributed by atoms with E-state index in [9.17, 15) is 13.2 Å². The first-order chi connectivity index (χ1) is 10.4. The fourth-order valence-electron chi connectivity index (χ4n) is 1.95. The third-order valence-corrected chi connectivity index (χ3v) is 4.90. The molecule has 1 aromatic heterocycles. The van der Waals surface area contributed by atoms with E-state index in [1.807, 2.05) is 6.92 Å². The van der Waals surface area contributed by atoms with Gasteiger partial charge in [-0.2, -0.15) is 0 Å². The highest BCUT2D eigenvalue weighted by Gasteiger charge is 2.23. The lowest BCUT2D eigenvalue weighted by molar-refractivity contribution is -0.142. The molecule has 1 atom stereocenters. The minimum absolute atomic E-state index is 0.0117. The van der Waals surface area contributed by atoms with Crippen LogP contribution in [0.15, 0.2) is 41.7 Å². The number of esters is 1. The summed E-state index contributed by atoms with van der Waals surface area (Å²) in [6, 6.07) is 5.52. The second-order valence-electron chi connectivity index (χ2n) is 4.83. The van der Waals surface area contributed by atoms with Crippen LogP contribution >= 0.6 is 0 Å². The van der Waals surface area contributed by atoms with Gasteiger partial charge < -0.3 is 10.5 Å². The molecular weight excluding hydrogens is 306 g/mol. The Labute approximate surface area is 128 Å². The lowest BCUT2D eigenvalue weighted by Crippen LogP contribution is -2.34. The molecule has 2 aromatic rings. The Morgan fingerprint density at radius 1 is 1.36 bits per heavy atom. The Morgan fingerprint density at radius 3 is 2.59 bits per heavy atom. The van der Waals surface area contributed by atoms with Crippen LogP contribution in [0.3, 0.4) is 0 Å². The maximum absolute atomic E-state index is 12.6. The van der Waals surface area contributed by atoms with E-state index in [2.05, 4.69) is 9.72 Å². The molecule has 8 heteroatoms. The van der Waals surface area contributed by atoms with Gasteiger partial charge in [0.15, 0.2) is 0 Å². The zero-order chi connectivity index (χ0) is 16.3. The first-order valence-corrected chi connectivity index (χ1v) is 7.97. The number of nitrogens with two attached hydrogens (primary N) is 1. The van der Waals surface area contributed by atoms with Crippen molar-refractivity contribution in [3.05, 3.63) is 48.0 Å². The monoisotopic (exact) mass is 323 g/mol. The Hall–Kier alpha value is -2.19. The molecule has 0 aliphatic carbocycles. The van der Waals surface area contributed by atoms with Crippen LogP contribution in [0.5, 0.6) is 0 Å². The van der Waals surface area contributed by atoms with Gasteiger partial charge in [-0.05, 0) is 19.1 Å². The highest BCUT2D eigenvalue weighted by atomic mass is 32.2. The van der Waals surface area contributed by atoms with E-state index in [1.165, 1.54) is 31.8 Å². The van der Waals surface area contributed by atoms with Crippen molar-refractivity contribution in [1.82, 2.24) is 8.96 Å².